The lowest BCUT2D eigenvalue weighted by Gasteiger charge is -2.50. The molecule has 22 rings (SSSR count). The summed E-state index contributed by atoms with van der Waals surface area (Å²) in [7, 11) is 0. The summed E-state index contributed by atoms with van der Waals surface area (Å²) in [6.45, 7) is -7.83. The van der Waals surface area contributed by atoms with Gasteiger partial charge in [0.05, 0.1) is 59.5 Å². The van der Waals surface area contributed by atoms with Crippen molar-refractivity contribution in [2.24, 2.45) is 5.73 Å². The minimum absolute atomic E-state index is 0.105. The second kappa shape index (κ2) is 30.6. The van der Waals surface area contributed by atoms with Gasteiger partial charge in [-0.3, -0.25) is 0 Å². The summed E-state index contributed by atoms with van der Waals surface area (Å²) in [6, 6.07) is 0. The van der Waals surface area contributed by atoms with Crippen molar-refractivity contribution in [3.63, 3.8) is 0 Å². The zero-order valence-corrected chi connectivity index (χ0v) is 44.7. The minimum Gasteiger partial charge on any atom is -0.394 e. The van der Waals surface area contributed by atoms with Gasteiger partial charge in [0.25, 0.3) is 0 Å². The third-order valence-electron chi connectivity index (χ3n) is 15.8. The molecular formula is C47H81NO36. The number of nitrogens with two attached hydrogens (primary N) is 1. The molecule has 22 fully saturated rings. The standard InChI is InChI=1S/C47H81NO36/c48-2-1-3-69-40-32(68)39-19(12-55)78-47(40)71-5-4-70-33-13(6-49)72-41(26(62)20(33)56)79-34-14(7-50)73-42(27(63)21(34)57)80-35-15(8-51)74-43(28(64)22(35)58)81-36-16(9-52)75-44(29(65)23(36)59)82-37-17(10-53)76-45(30(66)24(37)60)83-38-18(11-54)77-46(84-39)31(67)25(38)61/h13-47,49-68H,1-12,48H2/t13-,14-,15-,16-,17-,18-,19-,20-,21-,22-,23-,24-,25-,26-,27-,28-,29-,30-,31-,32+,33-,34-,35-,36-,37-,38-,39?,40-,41?,42?,43?,44?,45?,46?,47+/m1/s1. The Labute approximate surface area is 477 Å². The van der Waals surface area contributed by atoms with E-state index in [1.165, 1.54) is 0 Å². The second-order valence-electron chi connectivity index (χ2n) is 21.2. The fraction of sp³-hybridized carbons (Fsp3) is 1.00. The van der Waals surface area contributed by atoms with Gasteiger partial charge in [0.15, 0.2) is 44.0 Å². The van der Waals surface area contributed by atoms with Crippen molar-refractivity contribution in [1.29, 1.82) is 0 Å². The predicted octanol–water partition coefficient (Wildman–Crippen LogP) is -14.8. The number of rotatable bonds is 11. The van der Waals surface area contributed by atoms with Gasteiger partial charge in [-0.1, -0.05) is 0 Å². The molecule has 22 saturated heterocycles. The Hall–Kier alpha value is -1.48. The van der Waals surface area contributed by atoms with Crippen molar-refractivity contribution >= 4 is 0 Å². The molecule has 22 aliphatic rings. The van der Waals surface area contributed by atoms with Gasteiger partial charge >= 0.3 is 0 Å². The number of hydrogen-bond acceptors (Lipinski definition) is 37. The van der Waals surface area contributed by atoms with Gasteiger partial charge in [0.2, 0.25) is 0 Å². The summed E-state index contributed by atoms with van der Waals surface area (Å²) in [5.41, 5.74) is 5.67. The van der Waals surface area contributed by atoms with Crippen LogP contribution in [0.4, 0.5) is 0 Å². The van der Waals surface area contributed by atoms with E-state index in [0.717, 1.165) is 0 Å². The van der Waals surface area contributed by atoms with E-state index in [2.05, 4.69) is 0 Å². The van der Waals surface area contributed by atoms with E-state index in [1.54, 1.807) is 0 Å². The maximum atomic E-state index is 11.8. The molecule has 37 nitrogen and oxygen atoms in total. The fourth-order valence-corrected chi connectivity index (χ4v) is 11.1. The monoisotopic (exact) mass is 1240 g/mol. The Kier molecular flexibility index (Phi) is 24.9. The maximum Gasteiger partial charge on any atom is 0.187 e. The summed E-state index contributed by atoms with van der Waals surface area (Å²) in [6.07, 6.45) is -66.3. The average Bonchev–Trinajstić information content (AvgIpc) is 3.01. The van der Waals surface area contributed by atoms with Crippen LogP contribution in [0, 0.1) is 0 Å². The number of aliphatic hydroxyl groups is 20. The summed E-state index contributed by atoms with van der Waals surface area (Å²) >= 11 is 0. The van der Waals surface area contributed by atoms with Crippen LogP contribution < -0.4 is 5.73 Å². The molecule has 0 radical (unpaired) electrons. The van der Waals surface area contributed by atoms with E-state index in [-0.39, 0.29) is 19.6 Å². The molecule has 37 heteroatoms. The molecule has 14 bridgehead atoms. The summed E-state index contributed by atoms with van der Waals surface area (Å²) in [5, 5.41) is 221. The largest absolute Gasteiger partial charge is 0.394 e. The lowest BCUT2D eigenvalue weighted by Crippen LogP contribution is -2.68. The molecule has 0 saturated carbocycles. The van der Waals surface area contributed by atoms with Crippen LogP contribution in [0.3, 0.4) is 0 Å². The Morgan fingerprint density at radius 2 is 0.500 bits per heavy atom. The van der Waals surface area contributed by atoms with E-state index in [1.807, 2.05) is 0 Å². The summed E-state index contributed by atoms with van der Waals surface area (Å²) in [4.78, 5) is 0. The van der Waals surface area contributed by atoms with Gasteiger partial charge in [-0.15, -0.1) is 0 Å². The molecule has 0 aromatic rings. The van der Waals surface area contributed by atoms with Crippen molar-refractivity contribution in [3.8, 4) is 0 Å². The first-order valence-electron chi connectivity index (χ1n) is 27.4. The fourth-order valence-electron chi connectivity index (χ4n) is 11.1. The topological polar surface area (TPSA) is 578 Å². The highest BCUT2D eigenvalue weighted by Crippen LogP contribution is 2.38. The van der Waals surface area contributed by atoms with Gasteiger partial charge in [-0.2, -0.15) is 0 Å². The molecule has 0 aromatic carbocycles. The van der Waals surface area contributed by atoms with E-state index < -0.39 is 274 Å². The molecule has 84 heavy (non-hydrogen) atoms. The van der Waals surface area contributed by atoms with E-state index >= 15 is 0 Å². The van der Waals surface area contributed by atoms with Crippen LogP contribution in [0.5, 0.6) is 0 Å². The van der Waals surface area contributed by atoms with Crippen molar-refractivity contribution < 1.29 is 178 Å². The molecule has 7 unspecified atom stereocenters. The van der Waals surface area contributed by atoms with Crippen LogP contribution in [-0.4, -0.2) is 390 Å². The average molecular weight is 1240 g/mol. The Bertz CT molecular complexity index is 1950. The molecule has 0 spiro atoms. The zero-order chi connectivity index (χ0) is 61.0. The van der Waals surface area contributed by atoms with Crippen LogP contribution >= 0.6 is 0 Å². The normalized spacial score (nSPS) is 52.2. The van der Waals surface area contributed by atoms with Crippen LogP contribution in [0.1, 0.15) is 6.42 Å². The van der Waals surface area contributed by atoms with Gasteiger partial charge in [-0.05, 0) is 13.0 Å². The van der Waals surface area contributed by atoms with Crippen LogP contribution in [0.2, 0.25) is 0 Å². The van der Waals surface area contributed by atoms with Gasteiger partial charge in [-0.25, -0.2) is 0 Å². The molecular weight excluding hydrogens is 1150 g/mol. The number of hydrogen-bond donors (Lipinski definition) is 21. The van der Waals surface area contributed by atoms with E-state index in [0.29, 0.717) is 0 Å². The van der Waals surface area contributed by atoms with Crippen LogP contribution in [0.15, 0.2) is 0 Å². The SMILES string of the molecule is NCCCO[C@H]1[C@H]2OCCO[C@H]3[C@H](O)[C@@H](O)C(O[C@H]4[C@H](O)[C@@H](O)C(O[C@H]5[C@H](O)[C@@H](O)C(O[C@H]6[C@H](O)[C@@H](O)C(O[C@H]7[C@H](O)[C@@H](O)C(O[C@H]8[C@H](O)[C@@H](O)C(OC([C@@H](CO)O2)[C@@H]1O)O[C@@H]8CO)O[C@@H]7CO)O[C@@H]6CO)O[C@@H]5CO)O[C@@H]4CO)O[C@@H]3CO. The van der Waals surface area contributed by atoms with Crippen molar-refractivity contribution in [2.45, 2.75) is 221 Å². The minimum atomic E-state index is -2.21. The highest BCUT2D eigenvalue weighted by molar-refractivity contribution is 5.01. The van der Waals surface area contributed by atoms with Crippen LogP contribution in [0.25, 0.3) is 0 Å². The number of aliphatic hydroxyl groups excluding tert-OH is 20. The highest BCUT2D eigenvalue weighted by atomic mass is 16.8. The lowest BCUT2D eigenvalue weighted by molar-refractivity contribution is -0.398. The van der Waals surface area contributed by atoms with Crippen molar-refractivity contribution in [1.82, 2.24) is 0 Å². The smallest absolute Gasteiger partial charge is 0.187 e. The Balaban J connectivity index is 1.05. The van der Waals surface area contributed by atoms with Crippen LogP contribution in [-0.2, 0) is 75.8 Å². The van der Waals surface area contributed by atoms with Crippen molar-refractivity contribution in [3.05, 3.63) is 0 Å². The first kappa shape index (κ1) is 68.4. The quantitative estimate of drug-likeness (QED) is 0.0854. The molecule has 0 aromatic heterocycles. The van der Waals surface area contributed by atoms with E-state index in [4.69, 9.17) is 81.5 Å². The molecule has 22 N–H and O–H groups in total. The molecule has 0 aliphatic carbocycles. The van der Waals surface area contributed by atoms with E-state index in [9.17, 15) is 102 Å². The van der Waals surface area contributed by atoms with Gasteiger partial charge in [0.1, 0.15) is 171 Å². The number of fused-ring (bicyclic) bond motifs is 1. The maximum absolute atomic E-state index is 11.8. The lowest BCUT2D eigenvalue weighted by atomic mass is 9.95. The van der Waals surface area contributed by atoms with Gasteiger partial charge in [0, 0.05) is 6.61 Å². The molecule has 490 valence electrons. The van der Waals surface area contributed by atoms with Gasteiger partial charge < -0.3 is 184 Å². The highest BCUT2D eigenvalue weighted by Gasteiger charge is 2.59. The first-order chi connectivity index (χ1) is 40.2. The molecule has 0 amide bonds. The summed E-state index contributed by atoms with van der Waals surface area (Å²) in [5.74, 6) is 0. The summed E-state index contributed by atoms with van der Waals surface area (Å²) < 4.78 is 92.4. The molecule has 22 aliphatic heterocycles. The predicted molar refractivity (Wildman–Crippen MR) is 257 cm³/mol. The molecule has 35 atom stereocenters. The number of ether oxygens (including phenoxy) is 16. The Morgan fingerprint density at radius 1 is 0.274 bits per heavy atom. The Morgan fingerprint density at radius 3 is 0.762 bits per heavy atom. The zero-order valence-electron chi connectivity index (χ0n) is 44.7. The third kappa shape index (κ3) is 14.3. The van der Waals surface area contributed by atoms with Crippen molar-refractivity contribution in [2.75, 3.05) is 72.6 Å². The first-order valence-corrected chi connectivity index (χ1v) is 27.4. The second-order valence-corrected chi connectivity index (χ2v) is 21.2. The third-order valence-corrected chi connectivity index (χ3v) is 15.8. The molecule has 22 heterocycles.